The van der Waals surface area contributed by atoms with Gasteiger partial charge in [-0.2, -0.15) is 18.4 Å². The van der Waals surface area contributed by atoms with Crippen LogP contribution in [0.5, 0.6) is 0 Å². The number of ether oxygens (including phenoxy) is 1. The Morgan fingerprint density at radius 3 is 2.53 bits per heavy atom. The summed E-state index contributed by atoms with van der Waals surface area (Å²) in [6.07, 6.45) is -4.87. The van der Waals surface area contributed by atoms with E-state index in [1.807, 2.05) is 0 Å². The van der Waals surface area contributed by atoms with Crippen LogP contribution in [0, 0.1) is 11.3 Å². The summed E-state index contributed by atoms with van der Waals surface area (Å²) in [5, 5.41) is 17.7. The van der Waals surface area contributed by atoms with Crippen molar-refractivity contribution in [3.63, 3.8) is 0 Å². The van der Waals surface area contributed by atoms with E-state index in [0.717, 1.165) is 12.1 Å². The summed E-state index contributed by atoms with van der Waals surface area (Å²) in [5.74, 6) is -1.23. The molecule has 4 nitrogen and oxygen atoms in total. The Labute approximate surface area is 107 Å². The predicted octanol–water partition coefficient (Wildman–Crippen LogP) is 2.25. The van der Waals surface area contributed by atoms with Crippen LogP contribution in [0.4, 0.5) is 13.2 Å². The van der Waals surface area contributed by atoms with Crippen LogP contribution in [0.25, 0.3) is 0 Å². The normalized spacial score (nSPS) is 10.9. The van der Waals surface area contributed by atoms with Crippen molar-refractivity contribution in [2.24, 2.45) is 0 Å². The Morgan fingerprint density at radius 2 is 2.11 bits per heavy atom. The number of aliphatic hydroxyl groups excluding tert-OH is 1. The second kappa shape index (κ2) is 5.71. The first-order valence-electron chi connectivity index (χ1n) is 5.28. The Balaban J connectivity index is 3.63. The molecule has 0 aromatic heterocycles. The maximum Gasteiger partial charge on any atom is 0.417 e. The summed E-state index contributed by atoms with van der Waals surface area (Å²) >= 11 is 0. The van der Waals surface area contributed by atoms with Crippen molar-refractivity contribution in [3.8, 4) is 6.07 Å². The van der Waals surface area contributed by atoms with Gasteiger partial charge in [0.2, 0.25) is 0 Å². The monoisotopic (exact) mass is 273 g/mol. The number of carbonyl (C=O) groups excluding carboxylic acids is 1. The van der Waals surface area contributed by atoms with Gasteiger partial charge in [0, 0.05) is 0 Å². The fourth-order valence-corrected chi connectivity index (χ4v) is 1.61. The number of carbonyl (C=O) groups is 1. The third-order valence-corrected chi connectivity index (χ3v) is 2.35. The summed E-state index contributed by atoms with van der Waals surface area (Å²) in [6, 6.07) is 3.53. The van der Waals surface area contributed by atoms with Gasteiger partial charge in [-0.15, -0.1) is 0 Å². The largest absolute Gasteiger partial charge is 0.462 e. The molecule has 0 heterocycles. The molecule has 19 heavy (non-hydrogen) atoms. The number of hydrogen-bond acceptors (Lipinski definition) is 4. The third kappa shape index (κ3) is 3.03. The van der Waals surface area contributed by atoms with Crippen LogP contribution in [-0.4, -0.2) is 17.7 Å². The van der Waals surface area contributed by atoms with Gasteiger partial charge in [-0.1, -0.05) is 6.07 Å². The summed E-state index contributed by atoms with van der Waals surface area (Å²) in [6.45, 7) is 0.421. The van der Waals surface area contributed by atoms with Gasteiger partial charge >= 0.3 is 12.1 Å². The first-order valence-corrected chi connectivity index (χ1v) is 5.28. The van der Waals surface area contributed by atoms with E-state index in [9.17, 15) is 18.0 Å². The first kappa shape index (κ1) is 15.0. The van der Waals surface area contributed by atoms with E-state index in [0.29, 0.717) is 0 Å². The minimum Gasteiger partial charge on any atom is -0.462 e. The second-order valence-electron chi connectivity index (χ2n) is 3.51. The highest BCUT2D eigenvalue weighted by Gasteiger charge is 2.39. The van der Waals surface area contributed by atoms with Gasteiger partial charge in [0.1, 0.15) is 6.07 Å². The molecular formula is C12H10F3NO3. The Bertz CT molecular complexity index is 532. The van der Waals surface area contributed by atoms with E-state index in [2.05, 4.69) is 4.74 Å². The highest BCUT2D eigenvalue weighted by Crippen LogP contribution is 2.36. The number of esters is 1. The van der Waals surface area contributed by atoms with Crippen molar-refractivity contribution in [1.82, 2.24) is 0 Å². The summed E-state index contributed by atoms with van der Waals surface area (Å²) in [7, 11) is 0. The van der Waals surface area contributed by atoms with Crippen LogP contribution in [-0.2, 0) is 17.5 Å². The maximum absolute atomic E-state index is 13.0. The molecule has 0 saturated carbocycles. The van der Waals surface area contributed by atoms with E-state index in [1.165, 1.54) is 13.0 Å². The van der Waals surface area contributed by atoms with Crippen molar-refractivity contribution >= 4 is 5.97 Å². The number of rotatable bonds is 3. The van der Waals surface area contributed by atoms with Crippen LogP contribution in [0.15, 0.2) is 12.1 Å². The van der Waals surface area contributed by atoms with Gasteiger partial charge in [0.15, 0.2) is 0 Å². The average molecular weight is 273 g/mol. The lowest BCUT2D eigenvalue weighted by atomic mass is 9.96. The SMILES string of the molecule is CCOC(=O)c1c(C#N)ccc(CO)c1C(F)(F)F. The molecule has 0 radical (unpaired) electrons. The quantitative estimate of drug-likeness (QED) is 0.857. The number of halogens is 3. The van der Waals surface area contributed by atoms with Crippen molar-refractivity contribution in [2.75, 3.05) is 6.61 Å². The predicted molar refractivity (Wildman–Crippen MR) is 58.0 cm³/mol. The summed E-state index contributed by atoms with van der Waals surface area (Å²) in [4.78, 5) is 11.6. The molecule has 0 spiro atoms. The molecule has 0 aliphatic heterocycles. The first-order chi connectivity index (χ1) is 8.86. The summed E-state index contributed by atoms with van der Waals surface area (Å²) in [5.41, 5.74) is -3.10. The molecule has 0 amide bonds. The average Bonchev–Trinajstić information content (AvgIpc) is 2.36. The molecule has 1 aromatic rings. The van der Waals surface area contributed by atoms with Crippen LogP contribution in [0.1, 0.15) is 34.0 Å². The molecule has 1 N–H and O–H groups in total. The summed E-state index contributed by atoms with van der Waals surface area (Å²) < 4.78 is 43.5. The number of nitriles is 1. The highest BCUT2D eigenvalue weighted by molar-refractivity contribution is 5.94. The smallest absolute Gasteiger partial charge is 0.417 e. The Morgan fingerprint density at radius 1 is 1.47 bits per heavy atom. The zero-order valence-electron chi connectivity index (χ0n) is 9.91. The minimum atomic E-state index is -4.87. The Kier molecular flexibility index (Phi) is 4.51. The van der Waals surface area contributed by atoms with Crippen molar-refractivity contribution < 1.29 is 27.8 Å². The molecule has 0 unspecified atom stereocenters. The molecule has 0 bridgehead atoms. The highest BCUT2D eigenvalue weighted by atomic mass is 19.4. The van der Waals surface area contributed by atoms with E-state index < -0.39 is 41.0 Å². The van der Waals surface area contributed by atoms with Crippen molar-refractivity contribution in [3.05, 3.63) is 34.4 Å². The van der Waals surface area contributed by atoms with E-state index >= 15 is 0 Å². The lowest BCUT2D eigenvalue weighted by molar-refractivity contribution is -0.139. The zero-order valence-corrected chi connectivity index (χ0v) is 9.91. The fourth-order valence-electron chi connectivity index (χ4n) is 1.61. The van der Waals surface area contributed by atoms with E-state index in [1.54, 1.807) is 0 Å². The molecule has 0 fully saturated rings. The number of nitrogens with zero attached hydrogens (tertiary/aromatic N) is 1. The maximum atomic E-state index is 13.0. The van der Waals surface area contributed by atoms with Crippen LogP contribution in [0.3, 0.4) is 0 Å². The van der Waals surface area contributed by atoms with Crippen molar-refractivity contribution in [1.29, 1.82) is 5.26 Å². The lowest BCUT2D eigenvalue weighted by Gasteiger charge is -2.16. The second-order valence-corrected chi connectivity index (χ2v) is 3.51. The van der Waals surface area contributed by atoms with Crippen LogP contribution in [0.2, 0.25) is 0 Å². The van der Waals surface area contributed by atoms with E-state index in [-0.39, 0.29) is 6.61 Å². The molecule has 1 rings (SSSR count). The minimum absolute atomic E-state index is 0.121. The third-order valence-electron chi connectivity index (χ3n) is 2.35. The standard InChI is InChI=1S/C12H10F3NO3/c1-2-19-11(18)9-7(5-16)3-4-8(6-17)10(9)12(13,14)15/h3-4,17H,2,6H2,1H3. The van der Waals surface area contributed by atoms with Crippen molar-refractivity contribution in [2.45, 2.75) is 19.7 Å². The molecule has 0 aliphatic carbocycles. The molecule has 0 aliphatic rings. The molecular weight excluding hydrogens is 263 g/mol. The molecule has 102 valence electrons. The van der Waals surface area contributed by atoms with Gasteiger partial charge < -0.3 is 9.84 Å². The van der Waals surface area contributed by atoms with Crippen LogP contribution < -0.4 is 0 Å². The molecule has 7 heteroatoms. The van der Waals surface area contributed by atoms with E-state index in [4.69, 9.17) is 10.4 Å². The number of hydrogen-bond donors (Lipinski definition) is 1. The van der Waals surface area contributed by atoms with Crippen LogP contribution >= 0.6 is 0 Å². The topological polar surface area (TPSA) is 70.3 Å². The number of benzene rings is 1. The van der Waals surface area contributed by atoms with Gasteiger partial charge in [0.25, 0.3) is 0 Å². The Hall–Kier alpha value is -2.07. The van der Waals surface area contributed by atoms with Gasteiger partial charge in [-0.25, -0.2) is 4.79 Å². The number of aliphatic hydroxyl groups is 1. The number of alkyl halides is 3. The van der Waals surface area contributed by atoms with Gasteiger partial charge in [-0.3, -0.25) is 0 Å². The zero-order chi connectivity index (χ0) is 14.6. The molecule has 0 saturated heterocycles. The molecule has 1 aromatic carbocycles. The molecule has 0 atom stereocenters. The lowest BCUT2D eigenvalue weighted by Crippen LogP contribution is -2.19. The van der Waals surface area contributed by atoms with Gasteiger partial charge in [0.05, 0.1) is 29.9 Å². The fraction of sp³-hybridized carbons (Fsp3) is 0.333. The van der Waals surface area contributed by atoms with Gasteiger partial charge in [-0.05, 0) is 18.6 Å².